The number of aromatic nitrogens is 1. The van der Waals surface area contributed by atoms with Crippen molar-refractivity contribution < 1.29 is 4.79 Å². The SMILES string of the molecule is Cc1cccc2c1NC(=O)C21NCC(c2cccs2)c2c1[nH]c1ccccc21. The van der Waals surface area contributed by atoms with Gasteiger partial charge in [-0.1, -0.05) is 42.5 Å². The summed E-state index contributed by atoms with van der Waals surface area (Å²) < 4.78 is 0. The van der Waals surface area contributed by atoms with Crippen molar-refractivity contribution in [3.8, 4) is 0 Å². The number of rotatable bonds is 1. The van der Waals surface area contributed by atoms with Crippen LogP contribution in [-0.2, 0) is 10.3 Å². The Hall–Kier alpha value is -2.89. The van der Waals surface area contributed by atoms with E-state index in [4.69, 9.17) is 0 Å². The van der Waals surface area contributed by atoms with Crippen LogP contribution in [0.1, 0.15) is 33.2 Å². The van der Waals surface area contributed by atoms with Crippen LogP contribution < -0.4 is 10.6 Å². The quantitative estimate of drug-likeness (QED) is 0.453. The first-order chi connectivity index (χ1) is 13.7. The molecule has 4 aromatic rings. The Morgan fingerprint density at radius 1 is 1.07 bits per heavy atom. The molecular weight excluding hydrogens is 366 g/mol. The number of carbonyl (C=O) groups excluding carboxylic acids is 1. The number of thiophene rings is 1. The van der Waals surface area contributed by atoms with E-state index in [1.54, 1.807) is 11.3 Å². The maximum atomic E-state index is 13.4. The lowest BCUT2D eigenvalue weighted by atomic mass is 9.77. The molecule has 1 spiro atoms. The third kappa shape index (κ3) is 1.90. The topological polar surface area (TPSA) is 56.9 Å². The number of hydrogen-bond acceptors (Lipinski definition) is 3. The van der Waals surface area contributed by atoms with Crippen molar-refractivity contribution in [3.05, 3.63) is 87.2 Å². The van der Waals surface area contributed by atoms with Crippen LogP contribution in [0.3, 0.4) is 0 Å². The van der Waals surface area contributed by atoms with Crippen molar-refractivity contribution in [1.82, 2.24) is 10.3 Å². The Labute approximate surface area is 166 Å². The van der Waals surface area contributed by atoms with Gasteiger partial charge in [-0.15, -0.1) is 11.3 Å². The van der Waals surface area contributed by atoms with Crippen LogP contribution in [-0.4, -0.2) is 17.4 Å². The van der Waals surface area contributed by atoms with E-state index >= 15 is 0 Å². The molecule has 3 N–H and O–H groups in total. The average Bonchev–Trinajstić information content (AvgIpc) is 3.42. The van der Waals surface area contributed by atoms with Crippen LogP contribution in [0.4, 0.5) is 5.69 Å². The van der Waals surface area contributed by atoms with E-state index < -0.39 is 5.54 Å². The van der Waals surface area contributed by atoms with Gasteiger partial charge in [-0.25, -0.2) is 0 Å². The van der Waals surface area contributed by atoms with Gasteiger partial charge >= 0.3 is 0 Å². The molecule has 0 saturated heterocycles. The van der Waals surface area contributed by atoms with E-state index in [0.29, 0.717) is 0 Å². The number of fused-ring (bicyclic) bond motifs is 6. The lowest BCUT2D eigenvalue weighted by molar-refractivity contribution is -0.120. The first kappa shape index (κ1) is 16.1. The van der Waals surface area contributed by atoms with E-state index in [2.05, 4.69) is 57.4 Å². The summed E-state index contributed by atoms with van der Waals surface area (Å²) >= 11 is 1.77. The van der Waals surface area contributed by atoms with Crippen LogP contribution in [0.15, 0.2) is 60.0 Å². The molecule has 2 aromatic carbocycles. The molecular formula is C23H19N3OS. The highest BCUT2D eigenvalue weighted by atomic mass is 32.1. The zero-order chi connectivity index (χ0) is 18.9. The molecule has 2 aliphatic rings. The fraction of sp³-hybridized carbons (Fsp3) is 0.174. The number of amides is 1. The van der Waals surface area contributed by atoms with E-state index in [1.807, 2.05) is 25.1 Å². The van der Waals surface area contributed by atoms with Gasteiger partial charge in [0.25, 0.3) is 5.91 Å². The number of aryl methyl sites for hydroxylation is 1. The van der Waals surface area contributed by atoms with E-state index in [9.17, 15) is 4.79 Å². The normalized spacial score (nSPS) is 23.0. The number of anilines is 1. The number of para-hydroxylation sites is 2. The van der Waals surface area contributed by atoms with Crippen molar-refractivity contribution >= 4 is 33.8 Å². The molecule has 2 unspecified atom stereocenters. The summed E-state index contributed by atoms with van der Waals surface area (Å²) in [6.07, 6.45) is 0. The summed E-state index contributed by atoms with van der Waals surface area (Å²) in [5.74, 6) is 0.215. The van der Waals surface area contributed by atoms with Gasteiger partial charge in [-0.05, 0) is 35.6 Å². The molecule has 0 fully saturated rings. The summed E-state index contributed by atoms with van der Waals surface area (Å²) in [4.78, 5) is 18.3. The smallest absolute Gasteiger partial charge is 0.255 e. The average molecular weight is 385 g/mol. The summed E-state index contributed by atoms with van der Waals surface area (Å²) in [5, 5.41) is 10.1. The monoisotopic (exact) mass is 385 g/mol. The van der Waals surface area contributed by atoms with Gasteiger partial charge in [0.2, 0.25) is 0 Å². The highest BCUT2D eigenvalue weighted by Gasteiger charge is 2.54. The van der Waals surface area contributed by atoms with Crippen LogP contribution in [0.25, 0.3) is 10.9 Å². The van der Waals surface area contributed by atoms with E-state index in [0.717, 1.165) is 34.6 Å². The van der Waals surface area contributed by atoms with Gasteiger partial charge < -0.3 is 10.3 Å². The van der Waals surface area contributed by atoms with Crippen molar-refractivity contribution in [2.45, 2.75) is 18.4 Å². The summed E-state index contributed by atoms with van der Waals surface area (Å²) in [6.45, 7) is 2.76. The number of benzene rings is 2. The van der Waals surface area contributed by atoms with Crippen molar-refractivity contribution in [1.29, 1.82) is 0 Å². The van der Waals surface area contributed by atoms with Crippen LogP contribution in [0, 0.1) is 6.92 Å². The lowest BCUT2D eigenvalue weighted by Gasteiger charge is -2.37. The fourth-order valence-electron chi connectivity index (χ4n) is 4.90. The second-order valence-corrected chi connectivity index (χ2v) is 8.59. The Morgan fingerprint density at radius 2 is 1.96 bits per heavy atom. The predicted octanol–water partition coefficient (Wildman–Crippen LogP) is 4.47. The zero-order valence-electron chi connectivity index (χ0n) is 15.4. The van der Waals surface area contributed by atoms with Gasteiger partial charge in [0, 0.05) is 39.5 Å². The summed E-state index contributed by atoms with van der Waals surface area (Å²) in [5.41, 5.74) is 5.44. The number of hydrogen-bond donors (Lipinski definition) is 3. The first-order valence-electron chi connectivity index (χ1n) is 9.51. The van der Waals surface area contributed by atoms with Gasteiger partial charge in [-0.3, -0.25) is 10.1 Å². The Morgan fingerprint density at radius 3 is 2.82 bits per heavy atom. The molecule has 28 heavy (non-hydrogen) atoms. The maximum absolute atomic E-state index is 13.4. The summed E-state index contributed by atoms with van der Waals surface area (Å²) in [7, 11) is 0. The molecule has 4 heterocycles. The molecule has 0 aliphatic carbocycles. The number of carbonyl (C=O) groups is 1. The van der Waals surface area contributed by atoms with Gasteiger partial charge in [-0.2, -0.15) is 0 Å². The number of nitrogens with one attached hydrogen (secondary N) is 3. The van der Waals surface area contributed by atoms with E-state index in [-0.39, 0.29) is 11.8 Å². The third-order valence-corrected chi connectivity index (χ3v) is 7.17. The molecule has 6 rings (SSSR count). The van der Waals surface area contributed by atoms with Gasteiger partial charge in [0.15, 0.2) is 5.54 Å². The molecule has 2 aliphatic heterocycles. The second-order valence-electron chi connectivity index (χ2n) is 7.61. The highest BCUT2D eigenvalue weighted by molar-refractivity contribution is 7.10. The maximum Gasteiger partial charge on any atom is 0.255 e. The second kappa shape index (κ2) is 5.56. The van der Waals surface area contributed by atoms with Crippen LogP contribution in [0.2, 0.25) is 0 Å². The molecule has 0 radical (unpaired) electrons. The minimum absolute atomic E-state index is 0.00534. The molecule has 4 nitrogen and oxygen atoms in total. The standard InChI is InChI=1S/C23H19N3OS/c1-13-6-4-8-16-20(13)26-22(27)23(16)21-19(14-7-2-3-9-17(14)25-21)15(12-24-23)18-10-5-11-28-18/h2-11,15,24-25H,12H2,1H3,(H,26,27). The third-order valence-electron chi connectivity index (χ3n) is 6.18. The number of aromatic amines is 1. The number of H-pyrrole nitrogens is 1. The first-order valence-corrected chi connectivity index (χ1v) is 10.4. The van der Waals surface area contributed by atoms with Crippen LogP contribution >= 0.6 is 11.3 Å². The van der Waals surface area contributed by atoms with E-state index in [1.165, 1.54) is 15.8 Å². The Kier molecular flexibility index (Phi) is 3.20. The lowest BCUT2D eigenvalue weighted by Crippen LogP contribution is -2.54. The molecule has 138 valence electrons. The molecule has 0 saturated carbocycles. The zero-order valence-corrected chi connectivity index (χ0v) is 16.2. The minimum atomic E-state index is -0.872. The minimum Gasteiger partial charge on any atom is -0.356 e. The largest absolute Gasteiger partial charge is 0.356 e. The molecule has 1 amide bonds. The molecule has 2 atom stereocenters. The summed E-state index contributed by atoms with van der Waals surface area (Å²) in [6, 6.07) is 18.8. The van der Waals surface area contributed by atoms with Crippen molar-refractivity contribution in [2.75, 3.05) is 11.9 Å². The van der Waals surface area contributed by atoms with Crippen molar-refractivity contribution in [3.63, 3.8) is 0 Å². The molecule has 2 aromatic heterocycles. The fourth-order valence-corrected chi connectivity index (χ4v) is 5.74. The molecule has 0 bridgehead atoms. The molecule has 5 heteroatoms. The Bertz CT molecular complexity index is 1240. The van der Waals surface area contributed by atoms with Crippen LogP contribution in [0.5, 0.6) is 0 Å². The van der Waals surface area contributed by atoms with Gasteiger partial charge in [0.1, 0.15) is 0 Å². The van der Waals surface area contributed by atoms with Crippen molar-refractivity contribution in [2.24, 2.45) is 0 Å². The predicted molar refractivity (Wildman–Crippen MR) is 113 cm³/mol. The Balaban J connectivity index is 1.69. The van der Waals surface area contributed by atoms with Gasteiger partial charge in [0.05, 0.1) is 5.69 Å². The highest BCUT2D eigenvalue weighted by Crippen LogP contribution is 2.50.